The minimum absolute atomic E-state index is 0.283. The standard InChI is InChI=1S/C23H39N5/c1-16-18-12-7-13-19(28-18)17(2)27-23-11-6-4-9-21(23)25-15-14-24-20-8-3-5-10-22(20)26-16/h7,12-13,16-17,20-27H,3-6,8-11,14-15H2,1-2H3/t16-,17-,20?,21?,22+,23+/m0/s1. The van der Waals surface area contributed by atoms with Crippen LogP contribution < -0.4 is 21.3 Å². The van der Waals surface area contributed by atoms with Gasteiger partial charge in [-0.1, -0.05) is 31.7 Å². The quantitative estimate of drug-likeness (QED) is 0.552. The second-order valence-corrected chi connectivity index (χ2v) is 9.17. The summed E-state index contributed by atoms with van der Waals surface area (Å²) in [6.07, 6.45) is 10.4. The van der Waals surface area contributed by atoms with Crippen LogP contribution in [0.15, 0.2) is 18.2 Å². The van der Waals surface area contributed by atoms with Crippen LogP contribution >= 0.6 is 0 Å². The molecule has 2 bridgehead atoms. The maximum Gasteiger partial charge on any atom is 0.0574 e. The third-order valence-corrected chi connectivity index (χ3v) is 7.08. The van der Waals surface area contributed by atoms with Gasteiger partial charge in [0.2, 0.25) is 0 Å². The lowest BCUT2D eigenvalue weighted by Gasteiger charge is -2.36. The monoisotopic (exact) mass is 385 g/mol. The van der Waals surface area contributed by atoms with Crippen molar-refractivity contribution in [2.24, 2.45) is 0 Å². The molecule has 4 rings (SSSR count). The number of rotatable bonds is 0. The van der Waals surface area contributed by atoms with Crippen LogP contribution in [-0.2, 0) is 0 Å². The number of pyridine rings is 1. The minimum Gasteiger partial charge on any atom is -0.311 e. The highest BCUT2D eigenvalue weighted by Gasteiger charge is 2.29. The number of nitrogens with one attached hydrogen (secondary N) is 4. The molecule has 0 radical (unpaired) electrons. The molecular weight excluding hydrogens is 346 g/mol. The molecule has 0 aromatic carbocycles. The van der Waals surface area contributed by atoms with E-state index in [2.05, 4.69) is 53.3 Å². The topological polar surface area (TPSA) is 61.0 Å². The summed E-state index contributed by atoms with van der Waals surface area (Å²) in [5.41, 5.74) is 2.34. The number of fused-ring (bicyclic) bond motifs is 4. The summed E-state index contributed by atoms with van der Waals surface area (Å²) in [4.78, 5) is 5.06. The van der Waals surface area contributed by atoms with Gasteiger partial charge in [-0.05, 0) is 51.7 Å². The van der Waals surface area contributed by atoms with Crippen LogP contribution in [0.1, 0.15) is 88.7 Å². The summed E-state index contributed by atoms with van der Waals surface area (Å²) in [5, 5.41) is 15.5. The molecule has 156 valence electrons. The average molecular weight is 386 g/mol. The lowest BCUT2D eigenvalue weighted by atomic mass is 9.89. The van der Waals surface area contributed by atoms with Crippen molar-refractivity contribution in [2.45, 2.75) is 101 Å². The molecule has 3 aliphatic rings. The van der Waals surface area contributed by atoms with Crippen molar-refractivity contribution < 1.29 is 0 Å². The molecule has 28 heavy (non-hydrogen) atoms. The Morgan fingerprint density at radius 2 is 1.11 bits per heavy atom. The zero-order valence-corrected chi connectivity index (χ0v) is 17.7. The minimum atomic E-state index is 0.283. The van der Waals surface area contributed by atoms with Gasteiger partial charge >= 0.3 is 0 Å². The summed E-state index contributed by atoms with van der Waals surface area (Å²) in [7, 11) is 0. The molecule has 5 nitrogen and oxygen atoms in total. The molecular formula is C23H39N5. The Bertz CT molecular complexity index is 572. The fourth-order valence-electron chi connectivity index (χ4n) is 5.43. The fraction of sp³-hybridized carbons (Fsp3) is 0.783. The molecule has 5 heteroatoms. The van der Waals surface area contributed by atoms with E-state index in [9.17, 15) is 0 Å². The summed E-state index contributed by atoms with van der Waals surface area (Å²) in [6.45, 7) is 6.66. The van der Waals surface area contributed by atoms with Crippen molar-refractivity contribution in [3.05, 3.63) is 29.6 Å². The highest BCUT2D eigenvalue weighted by atomic mass is 15.1. The van der Waals surface area contributed by atoms with E-state index in [0.717, 1.165) is 13.1 Å². The molecule has 4 N–H and O–H groups in total. The highest BCUT2D eigenvalue weighted by Crippen LogP contribution is 2.24. The maximum atomic E-state index is 5.06. The van der Waals surface area contributed by atoms with Gasteiger partial charge in [-0.3, -0.25) is 4.98 Å². The van der Waals surface area contributed by atoms with E-state index in [1.807, 2.05) is 0 Å². The van der Waals surface area contributed by atoms with Gasteiger partial charge in [-0.2, -0.15) is 0 Å². The van der Waals surface area contributed by atoms with Crippen LogP contribution in [0.5, 0.6) is 0 Å². The number of hydrogen-bond donors (Lipinski definition) is 4. The predicted octanol–water partition coefficient (Wildman–Crippen LogP) is 3.20. The van der Waals surface area contributed by atoms with Crippen LogP contribution in [0.2, 0.25) is 0 Å². The van der Waals surface area contributed by atoms with Gasteiger partial charge in [0.05, 0.1) is 11.4 Å². The van der Waals surface area contributed by atoms with Gasteiger partial charge < -0.3 is 21.3 Å². The summed E-state index contributed by atoms with van der Waals surface area (Å²) in [5.74, 6) is 0. The van der Waals surface area contributed by atoms with Crippen LogP contribution in [0.4, 0.5) is 0 Å². The van der Waals surface area contributed by atoms with Crippen molar-refractivity contribution in [2.75, 3.05) is 13.1 Å². The zero-order chi connectivity index (χ0) is 19.3. The van der Waals surface area contributed by atoms with E-state index in [1.54, 1.807) is 0 Å². The number of nitrogens with zero attached hydrogens (tertiary/aromatic N) is 1. The Kier molecular flexibility index (Phi) is 6.99. The lowest BCUT2D eigenvalue weighted by molar-refractivity contribution is 0.254. The SMILES string of the molecule is C[C@@H]1N[C@@H]2CCCCC2NCCNC2CCCC[C@H]2N[C@@H](C)c2cccc1n2. The first-order valence-electron chi connectivity index (χ1n) is 11.7. The van der Waals surface area contributed by atoms with Gasteiger partial charge in [0.15, 0.2) is 0 Å². The van der Waals surface area contributed by atoms with E-state index in [1.165, 1.54) is 62.8 Å². The van der Waals surface area contributed by atoms with E-state index in [0.29, 0.717) is 24.2 Å². The van der Waals surface area contributed by atoms with Crippen LogP contribution in [0, 0.1) is 0 Å². The van der Waals surface area contributed by atoms with Crippen molar-refractivity contribution in [3.8, 4) is 0 Å². The molecule has 1 aliphatic heterocycles. The molecule has 6 atom stereocenters. The Balaban J connectivity index is 1.56. The molecule has 0 amide bonds. The third-order valence-electron chi connectivity index (χ3n) is 7.08. The van der Waals surface area contributed by atoms with E-state index in [-0.39, 0.29) is 12.1 Å². The first-order valence-corrected chi connectivity index (χ1v) is 11.7. The molecule has 2 fully saturated rings. The predicted molar refractivity (Wildman–Crippen MR) is 115 cm³/mol. The highest BCUT2D eigenvalue weighted by molar-refractivity contribution is 5.17. The summed E-state index contributed by atoms with van der Waals surface area (Å²) >= 11 is 0. The smallest absolute Gasteiger partial charge is 0.0574 e. The van der Waals surface area contributed by atoms with E-state index in [4.69, 9.17) is 4.98 Å². The van der Waals surface area contributed by atoms with Crippen molar-refractivity contribution in [1.82, 2.24) is 26.3 Å². The van der Waals surface area contributed by atoms with Crippen LogP contribution in [-0.4, -0.2) is 42.2 Å². The first kappa shape index (κ1) is 20.3. The molecule has 1 aromatic rings. The second-order valence-electron chi connectivity index (χ2n) is 9.17. The molecule has 0 spiro atoms. The van der Waals surface area contributed by atoms with Gasteiger partial charge in [0.1, 0.15) is 0 Å². The molecule has 1 aromatic heterocycles. The Hall–Kier alpha value is -1.01. The van der Waals surface area contributed by atoms with Crippen LogP contribution in [0.3, 0.4) is 0 Å². The number of aromatic nitrogens is 1. The van der Waals surface area contributed by atoms with Gasteiger partial charge in [-0.15, -0.1) is 0 Å². The lowest BCUT2D eigenvalue weighted by Crippen LogP contribution is -2.54. The Labute approximate surface area is 170 Å². The van der Waals surface area contributed by atoms with E-state index < -0.39 is 0 Å². The number of hydrogen-bond acceptors (Lipinski definition) is 5. The van der Waals surface area contributed by atoms with Gasteiger partial charge in [0.25, 0.3) is 0 Å². The van der Waals surface area contributed by atoms with E-state index >= 15 is 0 Å². The average Bonchev–Trinajstić information content (AvgIpc) is 2.73. The second kappa shape index (κ2) is 9.66. The molecule has 0 saturated heterocycles. The zero-order valence-electron chi connectivity index (χ0n) is 17.7. The molecule has 2 unspecified atom stereocenters. The Morgan fingerprint density at radius 3 is 1.57 bits per heavy atom. The molecule has 2 aliphatic carbocycles. The largest absolute Gasteiger partial charge is 0.311 e. The maximum absolute atomic E-state index is 5.06. The van der Waals surface area contributed by atoms with Crippen molar-refractivity contribution >= 4 is 0 Å². The van der Waals surface area contributed by atoms with Gasteiger partial charge in [-0.25, -0.2) is 0 Å². The molecule has 2 heterocycles. The fourth-order valence-corrected chi connectivity index (χ4v) is 5.43. The first-order chi connectivity index (χ1) is 13.7. The third kappa shape index (κ3) is 4.93. The summed E-state index contributed by atoms with van der Waals surface area (Å²) in [6, 6.07) is 9.34. The molecule has 2 saturated carbocycles. The summed E-state index contributed by atoms with van der Waals surface area (Å²) < 4.78 is 0. The van der Waals surface area contributed by atoms with Crippen molar-refractivity contribution in [1.29, 1.82) is 0 Å². The van der Waals surface area contributed by atoms with Gasteiger partial charge in [0, 0.05) is 49.3 Å². The van der Waals surface area contributed by atoms with Crippen molar-refractivity contribution in [3.63, 3.8) is 0 Å². The Morgan fingerprint density at radius 1 is 0.679 bits per heavy atom. The normalized spacial score (nSPS) is 37.8. The van der Waals surface area contributed by atoms with Crippen LogP contribution in [0.25, 0.3) is 0 Å².